The third-order valence-electron chi connectivity index (χ3n) is 8.04. The number of aliphatic carboxylic acids is 1. The van der Waals surface area contributed by atoms with Crippen molar-refractivity contribution in [1.29, 1.82) is 0 Å². The Morgan fingerprint density at radius 3 is 1.95 bits per heavy atom. The summed E-state index contributed by atoms with van der Waals surface area (Å²) in [5.41, 5.74) is 3.08. The molecule has 5 rings (SSSR count). The van der Waals surface area contributed by atoms with Gasteiger partial charge in [-0.1, -0.05) is 111 Å². The predicted molar refractivity (Wildman–Crippen MR) is 166 cm³/mol. The van der Waals surface area contributed by atoms with Gasteiger partial charge in [-0.05, 0) is 60.4 Å². The van der Waals surface area contributed by atoms with Gasteiger partial charge in [-0.25, -0.2) is 0 Å². The standard InChI is InChI=1S/C37H39NO4.Na/c39-35(40)19-13-5-3-1-2-4-6-14-26-38-36(41)29-20-22-32-28(27-29)21-23-34-33(32)24-25-37(42-34,30-15-9-7-10-16-30)31-17-11-8-12-18-31;/h7-12,15-18,20-25,27H,1-6,13-14,19,26H2,(H,38,41)(H,39,40);/q;+1/p-1. The summed E-state index contributed by atoms with van der Waals surface area (Å²) in [6, 6.07) is 30.5. The van der Waals surface area contributed by atoms with Crippen LogP contribution >= 0.6 is 0 Å². The summed E-state index contributed by atoms with van der Waals surface area (Å²) in [6.07, 6.45) is 12.6. The first-order chi connectivity index (χ1) is 20.6. The summed E-state index contributed by atoms with van der Waals surface area (Å²) < 4.78 is 6.81. The molecule has 1 aliphatic heterocycles. The summed E-state index contributed by atoms with van der Waals surface area (Å²) >= 11 is 0. The van der Waals surface area contributed by atoms with E-state index in [1.807, 2.05) is 66.7 Å². The van der Waals surface area contributed by atoms with Crippen LogP contribution < -0.4 is 44.7 Å². The molecule has 216 valence electrons. The Hall–Kier alpha value is -3.38. The fourth-order valence-corrected chi connectivity index (χ4v) is 5.75. The maximum absolute atomic E-state index is 12.9. The maximum Gasteiger partial charge on any atom is 1.00 e. The molecule has 6 heteroatoms. The predicted octanol–water partition coefficient (Wildman–Crippen LogP) is 4.18. The van der Waals surface area contributed by atoms with Gasteiger partial charge in [0.25, 0.3) is 5.91 Å². The Morgan fingerprint density at radius 1 is 0.721 bits per heavy atom. The topological polar surface area (TPSA) is 78.5 Å². The average Bonchev–Trinajstić information content (AvgIpc) is 3.03. The minimum Gasteiger partial charge on any atom is -0.550 e. The summed E-state index contributed by atoms with van der Waals surface area (Å²) in [4.78, 5) is 23.3. The van der Waals surface area contributed by atoms with Crippen molar-refractivity contribution in [3.63, 3.8) is 0 Å². The van der Waals surface area contributed by atoms with E-state index >= 15 is 0 Å². The molecule has 1 heterocycles. The van der Waals surface area contributed by atoms with Crippen molar-refractivity contribution >= 4 is 28.7 Å². The van der Waals surface area contributed by atoms with Crippen molar-refractivity contribution in [3.05, 3.63) is 119 Å². The third-order valence-corrected chi connectivity index (χ3v) is 8.04. The van der Waals surface area contributed by atoms with E-state index in [1.54, 1.807) is 0 Å². The van der Waals surface area contributed by atoms with Crippen LogP contribution in [0.15, 0.2) is 97.1 Å². The van der Waals surface area contributed by atoms with Gasteiger partial charge in [0.2, 0.25) is 0 Å². The van der Waals surface area contributed by atoms with Crippen molar-refractivity contribution < 1.29 is 49.0 Å². The van der Waals surface area contributed by atoms with Gasteiger partial charge >= 0.3 is 29.6 Å². The van der Waals surface area contributed by atoms with Crippen molar-refractivity contribution in [2.45, 2.75) is 63.4 Å². The van der Waals surface area contributed by atoms with Crippen LogP contribution in [0.3, 0.4) is 0 Å². The monoisotopic (exact) mass is 583 g/mol. The molecular formula is C37H38NNaO4. The zero-order chi connectivity index (χ0) is 29.2. The minimum atomic E-state index is -0.958. The number of unbranched alkanes of at least 4 members (excludes halogenated alkanes) is 7. The minimum absolute atomic E-state index is 0. The second-order valence-corrected chi connectivity index (χ2v) is 11.0. The number of hydrogen-bond acceptors (Lipinski definition) is 4. The maximum atomic E-state index is 12.9. The van der Waals surface area contributed by atoms with E-state index in [4.69, 9.17) is 4.74 Å². The van der Waals surface area contributed by atoms with Crippen molar-refractivity contribution in [1.82, 2.24) is 5.32 Å². The van der Waals surface area contributed by atoms with Crippen LogP contribution in [0.4, 0.5) is 0 Å². The number of benzene rings is 4. The number of rotatable bonds is 14. The van der Waals surface area contributed by atoms with Gasteiger partial charge < -0.3 is 20.0 Å². The van der Waals surface area contributed by atoms with Gasteiger partial charge in [-0.2, -0.15) is 0 Å². The number of nitrogens with one attached hydrogen (secondary N) is 1. The first-order valence-corrected chi connectivity index (χ1v) is 15.1. The number of carboxylic acids is 1. The van der Waals surface area contributed by atoms with E-state index in [2.05, 4.69) is 41.7 Å². The molecule has 43 heavy (non-hydrogen) atoms. The number of fused-ring (bicyclic) bond motifs is 3. The zero-order valence-corrected chi connectivity index (χ0v) is 27.0. The second kappa shape index (κ2) is 15.9. The molecule has 0 atom stereocenters. The van der Waals surface area contributed by atoms with Gasteiger partial charge in [0.1, 0.15) is 5.75 Å². The molecule has 4 aromatic carbocycles. The Balaban J connectivity index is 0.00000423. The van der Waals surface area contributed by atoms with Crippen LogP contribution in [0.5, 0.6) is 5.75 Å². The van der Waals surface area contributed by atoms with E-state index < -0.39 is 11.6 Å². The third kappa shape index (κ3) is 8.17. The molecule has 5 nitrogen and oxygen atoms in total. The first kappa shape index (κ1) is 32.5. The molecule has 1 N–H and O–H groups in total. The van der Waals surface area contributed by atoms with E-state index in [9.17, 15) is 14.7 Å². The second-order valence-electron chi connectivity index (χ2n) is 11.0. The van der Waals surface area contributed by atoms with Crippen molar-refractivity contribution in [3.8, 4) is 5.75 Å². The van der Waals surface area contributed by atoms with Gasteiger partial charge in [-0.15, -0.1) is 0 Å². The Labute approximate surface area is 276 Å². The largest absolute Gasteiger partial charge is 1.00 e. The van der Waals surface area contributed by atoms with E-state index in [0.717, 1.165) is 78.2 Å². The van der Waals surface area contributed by atoms with Crippen LogP contribution in [0.1, 0.15) is 84.8 Å². The molecule has 0 unspecified atom stereocenters. The Bertz CT molecular complexity index is 1500. The van der Waals surface area contributed by atoms with Gasteiger partial charge in [0.15, 0.2) is 5.60 Å². The van der Waals surface area contributed by atoms with Gasteiger partial charge in [0.05, 0.1) is 0 Å². The SMILES string of the molecule is O=C([O-])CCCCCCCCCCNC(=O)c1ccc2c3c(ccc2c1)OC(c1ccccc1)(c1ccccc1)C=C3.[Na+]. The van der Waals surface area contributed by atoms with Crippen LogP contribution in [0, 0.1) is 0 Å². The summed E-state index contributed by atoms with van der Waals surface area (Å²) in [6.45, 7) is 0.657. The molecular weight excluding hydrogens is 545 g/mol. The fraction of sp³-hybridized carbons (Fsp3) is 0.297. The molecule has 0 radical (unpaired) electrons. The molecule has 0 bridgehead atoms. The molecule has 0 aromatic heterocycles. The number of carbonyl (C=O) groups excluding carboxylic acids is 2. The number of carbonyl (C=O) groups is 2. The smallest absolute Gasteiger partial charge is 0.550 e. The number of carboxylic acid groups (broad SMARTS) is 1. The van der Waals surface area contributed by atoms with Crippen molar-refractivity contribution in [2.24, 2.45) is 0 Å². The Morgan fingerprint density at radius 2 is 1.33 bits per heavy atom. The number of amides is 1. The molecule has 0 saturated heterocycles. The molecule has 0 aliphatic carbocycles. The van der Waals surface area contributed by atoms with Crippen LogP contribution in [-0.2, 0) is 10.4 Å². The molecule has 1 amide bonds. The molecule has 0 spiro atoms. The first-order valence-electron chi connectivity index (χ1n) is 15.1. The quantitative estimate of drug-likeness (QED) is 0.179. The van der Waals surface area contributed by atoms with E-state index in [0.29, 0.717) is 18.5 Å². The summed E-state index contributed by atoms with van der Waals surface area (Å²) in [5.74, 6) is -0.199. The van der Waals surface area contributed by atoms with E-state index in [1.165, 1.54) is 0 Å². The van der Waals surface area contributed by atoms with Crippen LogP contribution in [0.25, 0.3) is 16.8 Å². The Kier molecular flexibility index (Phi) is 12.0. The van der Waals surface area contributed by atoms with Crippen LogP contribution in [0.2, 0.25) is 0 Å². The van der Waals surface area contributed by atoms with Gasteiger partial charge in [-0.3, -0.25) is 4.79 Å². The summed E-state index contributed by atoms with van der Waals surface area (Å²) in [5, 5.41) is 15.6. The zero-order valence-electron chi connectivity index (χ0n) is 25.0. The molecule has 0 fully saturated rings. The van der Waals surface area contributed by atoms with Crippen LogP contribution in [-0.4, -0.2) is 18.4 Å². The number of ether oxygens (including phenoxy) is 1. The summed E-state index contributed by atoms with van der Waals surface area (Å²) in [7, 11) is 0. The molecule has 1 aliphatic rings. The van der Waals surface area contributed by atoms with E-state index in [-0.39, 0.29) is 41.9 Å². The van der Waals surface area contributed by atoms with Gasteiger partial charge in [0, 0.05) is 34.8 Å². The number of hydrogen-bond donors (Lipinski definition) is 1. The average molecular weight is 584 g/mol. The fourth-order valence-electron chi connectivity index (χ4n) is 5.75. The van der Waals surface area contributed by atoms with Crippen molar-refractivity contribution in [2.75, 3.05) is 6.54 Å². The molecule has 0 saturated carbocycles. The molecule has 4 aromatic rings. The normalized spacial score (nSPS) is 13.0.